The van der Waals surface area contributed by atoms with Crippen molar-refractivity contribution >= 4 is 5.91 Å². The van der Waals surface area contributed by atoms with Gasteiger partial charge in [0.25, 0.3) is 0 Å². The quantitative estimate of drug-likeness (QED) is 0.688. The van der Waals surface area contributed by atoms with Crippen molar-refractivity contribution in [2.75, 3.05) is 33.9 Å². The van der Waals surface area contributed by atoms with Gasteiger partial charge in [0.05, 0.1) is 18.8 Å². The summed E-state index contributed by atoms with van der Waals surface area (Å²) in [6, 6.07) is 0. The second-order valence-corrected chi connectivity index (χ2v) is 6.14. The first-order valence-electron chi connectivity index (χ1n) is 7.03. The van der Waals surface area contributed by atoms with E-state index >= 15 is 0 Å². The number of ether oxygens (including phenoxy) is 2. The zero-order valence-corrected chi connectivity index (χ0v) is 13.2. The van der Waals surface area contributed by atoms with Gasteiger partial charge in [0.15, 0.2) is 0 Å². The van der Waals surface area contributed by atoms with Gasteiger partial charge in [-0.25, -0.2) is 0 Å². The fourth-order valence-corrected chi connectivity index (χ4v) is 2.78. The number of amides is 1. The predicted molar refractivity (Wildman–Crippen MR) is 76.3 cm³/mol. The minimum atomic E-state index is -0.936. The number of aliphatic hydroxyl groups is 1. The highest BCUT2D eigenvalue weighted by molar-refractivity contribution is 5.88. The van der Waals surface area contributed by atoms with Crippen molar-refractivity contribution in [3.8, 4) is 0 Å². The lowest BCUT2D eigenvalue weighted by Crippen LogP contribution is -2.76. The Morgan fingerprint density at radius 3 is 2.60 bits per heavy atom. The van der Waals surface area contributed by atoms with Crippen molar-refractivity contribution in [1.29, 1.82) is 0 Å². The summed E-state index contributed by atoms with van der Waals surface area (Å²) in [5.41, 5.74) is 4.96. The Bertz CT molecular complexity index is 348. The van der Waals surface area contributed by atoms with E-state index in [1.54, 1.807) is 7.05 Å². The van der Waals surface area contributed by atoms with E-state index in [4.69, 9.17) is 15.2 Å². The van der Waals surface area contributed by atoms with Crippen LogP contribution < -0.4 is 5.73 Å². The van der Waals surface area contributed by atoms with Crippen LogP contribution in [0.2, 0.25) is 0 Å². The Balaban J connectivity index is 2.67. The summed E-state index contributed by atoms with van der Waals surface area (Å²) in [5.74, 6) is -0.159. The van der Waals surface area contributed by atoms with Crippen molar-refractivity contribution in [3.63, 3.8) is 0 Å². The molecule has 0 aromatic heterocycles. The van der Waals surface area contributed by atoms with E-state index in [0.29, 0.717) is 13.0 Å². The lowest BCUT2D eigenvalue weighted by Gasteiger charge is -2.58. The van der Waals surface area contributed by atoms with Crippen LogP contribution in [-0.2, 0) is 14.3 Å². The Kier molecular flexibility index (Phi) is 5.54. The molecule has 6 heteroatoms. The molecule has 0 aromatic carbocycles. The van der Waals surface area contributed by atoms with Gasteiger partial charge in [0.1, 0.15) is 5.54 Å². The Labute approximate surface area is 121 Å². The van der Waals surface area contributed by atoms with Crippen LogP contribution in [0, 0.1) is 5.41 Å². The minimum absolute atomic E-state index is 0.00116. The topological polar surface area (TPSA) is 85.0 Å². The fourth-order valence-electron chi connectivity index (χ4n) is 2.78. The highest BCUT2D eigenvalue weighted by Crippen LogP contribution is 2.50. The third kappa shape index (κ3) is 2.98. The van der Waals surface area contributed by atoms with Crippen molar-refractivity contribution in [3.05, 3.63) is 0 Å². The van der Waals surface area contributed by atoms with Crippen molar-refractivity contribution in [1.82, 2.24) is 4.90 Å². The standard InChI is InChI=1S/C14H28N2O4/c1-6-20-11-7-14(15,13(11,2)3)12(18)16(4)8-10(17)9-19-5/h10-11,17H,6-9,15H2,1-5H3. The Hall–Kier alpha value is -0.690. The second-order valence-electron chi connectivity index (χ2n) is 6.14. The highest BCUT2D eigenvalue weighted by atomic mass is 16.5. The monoisotopic (exact) mass is 288 g/mol. The molecule has 0 saturated heterocycles. The molecule has 118 valence electrons. The third-order valence-corrected chi connectivity index (χ3v) is 4.40. The van der Waals surface area contributed by atoms with E-state index < -0.39 is 17.1 Å². The van der Waals surface area contributed by atoms with Gasteiger partial charge in [-0.05, 0) is 6.92 Å². The first-order chi connectivity index (χ1) is 9.20. The molecule has 3 unspecified atom stereocenters. The summed E-state index contributed by atoms with van der Waals surface area (Å²) >= 11 is 0. The van der Waals surface area contributed by atoms with Crippen LogP contribution >= 0.6 is 0 Å². The van der Waals surface area contributed by atoms with E-state index in [1.807, 2.05) is 20.8 Å². The van der Waals surface area contributed by atoms with Crippen molar-refractivity contribution in [2.24, 2.45) is 11.1 Å². The zero-order chi connectivity index (χ0) is 15.6. The van der Waals surface area contributed by atoms with Gasteiger partial charge in [0.2, 0.25) is 5.91 Å². The maximum Gasteiger partial charge on any atom is 0.243 e. The van der Waals surface area contributed by atoms with Gasteiger partial charge >= 0.3 is 0 Å². The molecule has 0 heterocycles. The molecule has 1 amide bonds. The first-order valence-corrected chi connectivity index (χ1v) is 7.03. The maximum atomic E-state index is 12.5. The van der Waals surface area contributed by atoms with Gasteiger partial charge in [-0.1, -0.05) is 13.8 Å². The maximum absolute atomic E-state index is 12.5. The van der Waals surface area contributed by atoms with Crippen molar-refractivity contribution in [2.45, 2.75) is 44.9 Å². The summed E-state index contributed by atoms with van der Waals surface area (Å²) in [4.78, 5) is 14.0. The number of carbonyl (C=O) groups is 1. The van der Waals surface area contributed by atoms with Crippen LogP contribution in [0.1, 0.15) is 27.2 Å². The lowest BCUT2D eigenvalue weighted by molar-refractivity contribution is -0.179. The molecule has 20 heavy (non-hydrogen) atoms. The summed E-state index contributed by atoms with van der Waals surface area (Å²) in [6.07, 6.45) is -0.195. The Morgan fingerprint density at radius 1 is 1.55 bits per heavy atom. The molecule has 6 nitrogen and oxygen atoms in total. The lowest BCUT2D eigenvalue weighted by atomic mass is 9.54. The number of likely N-dealkylation sites (N-methyl/N-ethyl adjacent to an activating group) is 1. The molecule has 1 rings (SSSR count). The van der Waals surface area contributed by atoms with E-state index in [0.717, 1.165) is 0 Å². The number of methoxy groups -OCH3 is 1. The van der Waals surface area contributed by atoms with Crippen LogP contribution in [0.15, 0.2) is 0 Å². The predicted octanol–water partition coefficient (Wildman–Crippen LogP) is -0.0154. The molecule has 1 saturated carbocycles. The summed E-state index contributed by atoms with van der Waals surface area (Å²) in [7, 11) is 3.16. The second kappa shape index (κ2) is 6.39. The van der Waals surface area contributed by atoms with E-state index in [1.165, 1.54) is 12.0 Å². The van der Waals surface area contributed by atoms with Gasteiger partial charge < -0.3 is 25.2 Å². The smallest absolute Gasteiger partial charge is 0.243 e. The number of aliphatic hydroxyl groups excluding tert-OH is 1. The SMILES string of the molecule is CCOC1CC(N)(C(=O)N(C)CC(O)COC)C1(C)C. The van der Waals surface area contributed by atoms with Crippen LogP contribution in [0.5, 0.6) is 0 Å². The van der Waals surface area contributed by atoms with Gasteiger partial charge in [-0.3, -0.25) is 4.79 Å². The van der Waals surface area contributed by atoms with Gasteiger partial charge in [0, 0.05) is 39.1 Å². The molecular weight excluding hydrogens is 260 g/mol. The summed E-state index contributed by atoms with van der Waals surface area (Å²) in [6.45, 7) is 6.85. The largest absolute Gasteiger partial charge is 0.389 e. The zero-order valence-electron chi connectivity index (χ0n) is 13.2. The number of nitrogens with zero attached hydrogens (tertiary/aromatic N) is 1. The summed E-state index contributed by atoms with van der Waals surface area (Å²) < 4.78 is 10.5. The first kappa shape index (κ1) is 17.4. The normalized spacial score (nSPS) is 29.6. The van der Waals surface area contributed by atoms with Gasteiger partial charge in [-0.2, -0.15) is 0 Å². The molecule has 1 aliphatic carbocycles. The molecule has 0 spiro atoms. The van der Waals surface area contributed by atoms with E-state index in [-0.39, 0.29) is 25.2 Å². The number of hydrogen-bond acceptors (Lipinski definition) is 5. The van der Waals surface area contributed by atoms with Crippen molar-refractivity contribution < 1.29 is 19.4 Å². The average Bonchev–Trinajstić information content (AvgIpc) is 2.37. The van der Waals surface area contributed by atoms with E-state index in [9.17, 15) is 9.90 Å². The van der Waals surface area contributed by atoms with E-state index in [2.05, 4.69) is 0 Å². The van der Waals surface area contributed by atoms with Gasteiger partial charge in [-0.15, -0.1) is 0 Å². The minimum Gasteiger partial charge on any atom is -0.389 e. The molecular formula is C14H28N2O4. The fraction of sp³-hybridized carbons (Fsp3) is 0.929. The highest BCUT2D eigenvalue weighted by Gasteiger charge is 2.63. The molecule has 3 N–H and O–H groups in total. The molecule has 0 bridgehead atoms. The molecule has 0 aromatic rings. The summed E-state index contributed by atoms with van der Waals surface area (Å²) in [5, 5.41) is 9.71. The third-order valence-electron chi connectivity index (χ3n) is 4.40. The van der Waals surface area contributed by atoms with Crippen LogP contribution in [0.4, 0.5) is 0 Å². The number of carbonyl (C=O) groups excluding carboxylic acids is 1. The van der Waals surface area contributed by atoms with Crippen LogP contribution in [0.25, 0.3) is 0 Å². The number of rotatable bonds is 7. The molecule has 1 fully saturated rings. The molecule has 1 aliphatic rings. The number of nitrogens with two attached hydrogens (primary N) is 1. The average molecular weight is 288 g/mol. The van der Waals surface area contributed by atoms with Crippen LogP contribution in [-0.4, -0.2) is 67.6 Å². The molecule has 3 atom stereocenters. The molecule has 0 radical (unpaired) electrons. The molecule has 0 aliphatic heterocycles. The Morgan fingerprint density at radius 2 is 2.15 bits per heavy atom. The van der Waals surface area contributed by atoms with Crippen LogP contribution in [0.3, 0.4) is 0 Å². The number of hydrogen-bond donors (Lipinski definition) is 2.